The average molecular weight is 438 g/mol. The van der Waals surface area contributed by atoms with Crippen LogP contribution >= 0.6 is 0 Å². The number of hydrogen-bond acceptors (Lipinski definition) is 2. The van der Waals surface area contributed by atoms with Gasteiger partial charge < -0.3 is 5.11 Å². The van der Waals surface area contributed by atoms with Gasteiger partial charge in [0.2, 0.25) is 0 Å². The van der Waals surface area contributed by atoms with Crippen LogP contribution < -0.4 is 0 Å². The predicted octanol–water partition coefficient (Wildman–Crippen LogP) is 8.57. The molecule has 0 radical (unpaired) electrons. The van der Waals surface area contributed by atoms with Crippen molar-refractivity contribution >= 4 is 5.97 Å². The predicted molar refractivity (Wildman–Crippen MR) is 135 cm³/mol. The number of aryl methyl sites for hydroxylation is 1. The zero-order valence-corrected chi connectivity index (χ0v) is 20.3. The van der Waals surface area contributed by atoms with Gasteiger partial charge in [-0.2, -0.15) is 0 Å². The largest absolute Gasteiger partial charge is 0.481 e. The van der Waals surface area contributed by atoms with Crippen LogP contribution in [-0.4, -0.2) is 16.1 Å². The summed E-state index contributed by atoms with van der Waals surface area (Å²) in [5.41, 5.74) is 4.19. The summed E-state index contributed by atoms with van der Waals surface area (Å²) in [6.07, 6.45) is 18.8. The minimum atomic E-state index is -0.721. The lowest BCUT2D eigenvalue weighted by molar-refractivity contribution is -0.139. The van der Waals surface area contributed by atoms with E-state index in [2.05, 4.69) is 31.0 Å². The van der Waals surface area contributed by atoms with E-state index in [9.17, 15) is 9.90 Å². The lowest BCUT2D eigenvalue weighted by Gasteiger charge is -2.13. The molecule has 176 valence electrons. The molecule has 3 nitrogen and oxygen atoms in total. The molecule has 0 amide bonds. The van der Waals surface area contributed by atoms with Gasteiger partial charge in [-0.1, -0.05) is 115 Å². The average Bonchev–Trinajstić information content (AvgIpc) is 2.81. The summed E-state index contributed by atoms with van der Waals surface area (Å²) in [7, 11) is 0. The Morgan fingerprint density at radius 3 is 1.94 bits per heavy atom. The van der Waals surface area contributed by atoms with Crippen molar-refractivity contribution in [2.24, 2.45) is 0 Å². The number of carboxylic acid groups (broad SMARTS) is 1. The summed E-state index contributed by atoms with van der Waals surface area (Å²) in [6.45, 7) is 4.45. The van der Waals surface area contributed by atoms with Gasteiger partial charge in [0.15, 0.2) is 0 Å². The van der Waals surface area contributed by atoms with E-state index >= 15 is 0 Å². The summed E-state index contributed by atoms with van der Waals surface area (Å²) in [6, 6.07) is 12.2. The fourth-order valence-corrected chi connectivity index (χ4v) is 4.30. The number of carbonyl (C=O) groups is 1. The van der Waals surface area contributed by atoms with Crippen molar-refractivity contribution < 1.29 is 9.90 Å². The second kappa shape index (κ2) is 15.6. The Kier molecular flexibility index (Phi) is 12.7. The van der Waals surface area contributed by atoms with Gasteiger partial charge in [0.25, 0.3) is 0 Å². The normalized spacial score (nSPS) is 12.1. The third-order valence-corrected chi connectivity index (χ3v) is 6.40. The van der Waals surface area contributed by atoms with E-state index in [4.69, 9.17) is 0 Å². The summed E-state index contributed by atoms with van der Waals surface area (Å²) >= 11 is 0. The van der Waals surface area contributed by atoms with Crippen molar-refractivity contribution in [3.8, 4) is 11.3 Å². The zero-order chi connectivity index (χ0) is 23.0. The lowest BCUT2D eigenvalue weighted by atomic mass is 9.92. The summed E-state index contributed by atoms with van der Waals surface area (Å²) in [5, 5.41) is 9.68. The van der Waals surface area contributed by atoms with Crippen LogP contribution in [-0.2, 0) is 11.2 Å². The molecule has 1 aromatic heterocycles. The molecule has 1 atom stereocenters. The molecule has 0 aliphatic rings. The maximum atomic E-state index is 11.8. The molecule has 1 aromatic carbocycles. The molecule has 3 heteroatoms. The van der Waals surface area contributed by atoms with Crippen molar-refractivity contribution in [1.29, 1.82) is 0 Å². The monoisotopic (exact) mass is 437 g/mol. The Balaban J connectivity index is 1.83. The first-order valence-corrected chi connectivity index (χ1v) is 12.9. The molecule has 0 fully saturated rings. The van der Waals surface area contributed by atoms with Crippen molar-refractivity contribution in [3.63, 3.8) is 0 Å². The molecule has 0 spiro atoms. The topological polar surface area (TPSA) is 50.2 Å². The second-order valence-corrected chi connectivity index (χ2v) is 9.14. The molecular formula is C29H43NO2. The summed E-state index contributed by atoms with van der Waals surface area (Å²) < 4.78 is 0. The molecule has 2 aromatic rings. The Hall–Kier alpha value is -2.16. The van der Waals surface area contributed by atoms with Crippen LogP contribution in [0.1, 0.15) is 114 Å². The van der Waals surface area contributed by atoms with Crippen LogP contribution in [0.2, 0.25) is 0 Å². The number of hydrogen-bond donors (Lipinski definition) is 1. The number of aromatic nitrogens is 1. The second-order valence-electron chi connectivity index (χ2n) is 9.14. The van der Waals surface area contributed by atoms with Crippen LogP contribution in [0.5, 0.6) is 0 Å². The molecule has 0 bridgehead atoms. The van der Waals surface area contributed by atoms with Crippen molar-refractivity contribution in [2.75, 3.05) is 0 Å². The van der Waals surface area contributed by atoms with Crippen LogP contribution in [0.4, 0.5) is 0 Å². The van der Waals surface area contributed by atoms with Gasteiger partial charge in [-0.05, 0) is 36.5 Å². The first-order valence-electron chi connectivity index (χ1n) is 12.9. The lowest BCUT2D eigenvalue weighted by Crippen LogP contribution is -2.11. The maximum absolute atomic E-state index is 11.8. The zero-order valence-electron chi connectivity index (χ0n) is 20.3. The van der Waals surface area contributed by atoms with Crippen LogP contribution in [0.15, 0.2) is 42.6 Å². The van der Waals surface area contributed by atoms with Crippen LogP contribution in [0, 0.1) is 0 Å². The van der Waals surface area contributed by atoms with E-state index < -0.39 is 11.9 Å². The number of pyridine rings is 1. The van der Waals surface area contributed by atoms with Gasteiger partial charge in [0, 0.05) is 11.8 Å². The SMILES string of the molecule is CCCCCCCCCc1ccc(-c2ccc(C(CCCCCCC)C(=O)O)cc2)nc1. The fraction of sp³-hybridized carbons (Fsp3) is 0.586. The highest BCUT2D eigenvalue weighted by atomic mass is 16.4. The molecule has 0 aliphatic heterocycles. The van der Waals surface area contributed by atoms with Crippen LogP contribution in [0.25, 0.3) is 11.3 Å². The minimum absolute atomic E-state index is 0.414. The molecular weight excluding hydrogens is 394 g/mol. The Labute approximate surface area is 195 Å². The fourth-order valence-electron chi connectivity index (χ4n) is 4.30. The Morgan fingerprint density at radius 2 is 1.38 bits per heavy atom. The van der Waals surface area contributed by atoms with E-state index in [1.807, 2.05) is 30.5 Å². The quantitative estimate of drug-likeness (QED) is 0.252. The standard InChI is InChI=1S/C29H43NO2/c1-3-5-7-9-10-12-13-15-24-17-22-28(30-23-24)26-20-18-25(19-21-26)27(29(31)32)16-14-11-8-6-4-2/h17-23,27H,3-16H2,1-2H3,(H,31,32). The van der Waals surface area contributed by atoms with E-state index in [0.717, 1.165) is 36.1 Å². The molecule has 1 unspecified atom stereocenters. The highest BCUT2D eigenvalue weighted by Crippen LogP contribution is 2.26. The minimum Gasteiger partial charge on any atom is -0.481 e. The maximum Gasteiger partial charge on any atom is 0.310 e. The number of carboxylic acids is 1. The van der Waals surface area contributed by atoms with E-state index in [-0.39, 0.29) is 0 Å². The highest BCUT2D eigenvalue weighted by molar-refractivity contribution is 5.76. The van der Waals surface area contributed by atoms with Crippen molar-refractivity contribution in [3.05, 3.63) is 53.7 Å². The third-order valence-electron chi connectivity index (χ3n) is 6.40. The van der Waals surface area contributed by atoms with Crippen molar-refractivity contribution in [2.45, 2.75) is 110 Å². The summed E-state index contributed by atoms with van der Waals surface area (Å²) in [5.74, 6) is -1.14. The molecule has 0 saturated heterocycles. The van der Waals surface area contributed by atoms with Gasteiger partial charge in [-0.25, -0.2) is 0 Å². The molecule has 32 heavy (non-hydrogen) atoms. The first-order chi connectivity index (χ1) is 15.7. The number of aliphatic carboxylic acids is 1. The van der Waals surface area contributed by atoms with Gasteiger partial charge >= 0.3 is 5.97 Å². The molecule has 2 rings (SSSR count). The number of rotatable bonds is 17. The van der Waals surface area contributed by atoms with Gasteiger partial charge in [0.1, 0.15) is 0 Å². The van der Waals surface area contributed by atoms with Crippen molar-refractivity contribution in [1.82, 2.24) is 4.98 Å². The van der Waals surface area contributed by atoms with Crippen LogP contribution in [0.3, 0.4) is 0 Å². The summed E-state index contributed by atoms with van der Waals surface area (Å²) in [4.78, 5) is 16.4. The smallest absolute Gasteiger partial charge is 0.310 e. The third kappa shape index (κ3) is 9.54. The molecule has 1 heterocycles. The first kappa shape index (κ1) is 26.1. The Morgan fingerprint density at radius 1 is 0.781 bits per heavy atom. The van der Waals surface area contributed by atoms with E-state index in [0.29, 0.717) is 6.42 Å². The van der Waals surface area contributed by atoms with Gasteiger partial charge in [-0.3, -0.25) is 9.78 Å². The van der Waals surface area contributed by atoms with E-state index in [1.165, 1.54) is 69.8 Å². The molecule has 1 N–H and O–H groups in total. The number of nitrogens with zero attached hydrogens (tertiary/aromatic N) is 1. The van der Waals surface area contributed by atoms with Gasteiger partial charge in [-0.15, -0.1) is 0 Å². The number of benzene rings is 1. The van der Waals surface area contributed by atoms with E-state index in [1.54, 1.807) is 0 Å². The number of unbranched alkanes of at least 4 members (excludes halogenated alkanes) is 10. The highest BCUT2D eigenvalue weighted by Gasteiger charge is 2.19. The molecule has 0 saturated carbocycles. The van der Waals surface area contributed by atoms with Gasteiger partial charge in [0.05, 0.1) is 11.6 Å². The Bertz CT molecular complexity index is 752. The molecule has 0 aliphatic carbocycles.